The Morgan fingerprint density at radius 2 is 1.89 bits per heavy atom. The number of hydrogen-bond acceptors (Lipinski definition) is 3. The van der Waals surface area contributed by atoms with Crippen molar-refractivity contribution in [3.63, 3.8) is 0 Å². The van der Waals surface area contributed by atoms with Crippen molar-refractivity contribution in [3.05, 3.63) is 29.8 Å². The third kappa shape index (κ3) is 3.10. The molecule has 0 fully saturated rings. The molecule has 0 spiro atoms. The summed E-state index contributed by atoms with van der Waals surface area (Å²) in [5, 5.41) is 9.25. The zero-order valence-electron chi connectivity index (χ0n) is 11.1. The van der Waals surface area contributed by atoms with Gasteiger partial charge >= 0.3 is 0 Å². The Morgan fingerprint density at radius 1 is 1.28 bits per heavy atom. The molecule has 4 nitrogen and oxygen atoms in total. The molecule has 0 saturated carbocycles. The van der Waals surface area contributed by atoms with Crippen molar-refractivity contribution in [3.8, 4) is 0 Å². The number of hydrogen-bond donors (Lipinski definition) is 1. The highest BCUT2D eigenvalue weighted by molar-refractivity contribution is 7.89. The van der Waals surface area contributed by atoms with Gasteiger partial charge in [0, 0.05) is 12.6 Å². The van der Waals surface area contributed by atoms with Gasteiger partial charge in [0.15, 0.2) is 0 Å². The van der Waals surface area contributed by atoms with Gasteiger partial charge in [-0.1, -0.05) is 25.1 Å². The minimum absolute atomic E-state index is 0.0956. The summed E-state index contributed by atoms with van der Waals surface area (Å²) in [5.74, 6) is 0. The Labute approximate surface area is 109 Å². The summed E-state index contributed by atoms with van der Waals surface area (Å²) >= 11 is 0. The normalized spacial score (nSPS) is 12.3. The van der Waals surface area contributed by atoms with Crippen LogP contribution in [0, 0.1) is 0 Å². The van der Waals surface area contributed by atoms with Crippen molar-refractivity contribution >= 4 is 10.0 Å². The first-order chi connectivity index (χ1) is 8.45. The van der Waals surface area contributed by atoms with E-state index in [0.717, 1.165) is 6.42 Å². The molecule has 102 valence electrons. The Hall–Kier alpha value is -0.910. The van der Waals surface area contributed by atoms with Gasteiger partial charge in [0.1, 0.15) is 0 Å². The first kappa shape index (κ1) is 15.1. The fourth-order valence-electron chi connectivity index (χ4n) is 1.89. The van der Waals surface area contributed by atoms with Crippen LogP contribution in [-0.2, 0) is 16.6 Å². The lowest BCUT2D eigenvalue weighted by molar-refractivity contribution is 0.277. The maximum Gasteiger partial charge on any atom is 0.243 e. The number of benzene rings is 1. The molecule has 0 bridgehead atoms. The Balaban J connectivity index is 3.26. The van der Waals surface area contributed by atoms with Crippen molar-refractivity contribution in [1.29, 1.82) is 0 Å². The van der Waals surface area contributed by atoms with E-state index in [1.54, 1.807) is 24.3 Å². The fraction of sp³-hybridized carbons (Fsp3) is 0.538. The van der Waals surface area contributed by atoms with Crippen molar-refractivity contribution in [2.45, 2.75) is 44.7 Å². The van der Waals surface area contributed by atoms with Crippen LogP contribution >= 0.6 is 0 Å². The molecular formula is C13H21NO3S. The highest BCUT2D eigenvalue weighted by Gasteiger charge is 2.27. The zero-order valence-corrected chi connectivity index (χ0v) is 11.9. The average molecular weight is 271 g/mol. The molecule has 0 unspecified atom stereocenters. The highest BCUT2D eigenvalue weighted by atomic mass is 32.2. The summed E-state index contributed by atoms with van der Waals surface area (Å²) in [7, 11) is -3.53. The molecule has 1 rings (SSSR count). The zero-order chi connectivity index (χ0) is 13.8. The fourth-order valence-corrected chi connectivity index (χ4v) is 3.83. The predicted molar refractivity (Wildman–Crippen MR) is 71.7 cm³/mol. The van der Waals surface area contributed by atoms with Crippen LogP contribution in [0.5, 0.6) is 0 Å². The van der Waals surface area contributed by atoms with Gasteiger partial charge < -0.3 is 5.11 Å². The van der Waals surface area contributed by atoms with Crippen LogP contribution in [0.1, 0.15) is 32.8 Å². The number of rotatable bonds is 6. The molecule has 0 saturated heterocycles. The second-order valence-electron chi connectivity index (χ2n) is 4.48. The third-order valence-corrected chi connectivity index (χ3v) is 4.93. The van der Waals surface area contributed by atoms with Gasteiger partial charge in [0.2, 0.25) is 10.0 Å². The van der Waals surface area contributed by atoms with Crippen LogP contribution in [0.4, 0.5) is 0 Å². The second kappa shape index (κ2) is 6.31. The third-order valence-electron chi connectivity index (χ3n) is 2.75. The van der Waals surface area contributed by atoms with Crippen molar-refractivity contribution < 1.29 is 13.5 Å². The first-order valence-corrected chi connectivity index (χ1v) is 7.59. The van der Waals surface area contributed by atoms with E-state index in [2.05, 4.69) is 0 Å². The predicted octanol–water partition coefficient (Wildman–Crippen LogP) is 1.99. The molecule has 0 radical (unpaired) electrons. The van der Waals surface area contributed by atoms with Crippen LogP contribution in [0.3, 0.4) is 0 Å². The second-order valence-corrected chi connectivity index (χ2v) is 6.33. The molecule has 1 N–H and O–H groups in total. The van der Waals surface area contributed by atoms with Gasteiger partial charge in [-0.25, -0.2) is 8.42 Å². The monoisotopic (exact) mass is 271 g/mol. The quantitative estimate of drug-likeness (QED) is 0.861. The van der Waals surface area contributed by atoms with E-state index in [1.165, 1.54) is 4.31 Å². The topological polar surface area (TPSA) is 57.6 Å². The molecule has 0 aliphatic rings. The van der Waals surface area contributed by atoms with Crippen LogP contribution in [-0.4, -0.2) is 30.4 Å². The minimum atomic E-state index is -3.53. The highest BCUT2D eigenvalue weighted by Crippen LogP contribution is 2.22. The van der Waals surface area contributed by atoms with E-state index in [0.29, 0.717) is 12.1 Å². The first-order valence-electron chi connectivity index (χ1n) is 6.15. The summed E-state index contributed by atoms with van der Waals surface area (Å²) in [6.07, 6.45) is 0.763. The molecule has 0 aromatic heterocycles. The van der Waals surface area contributed by atoms with Gasteiger partial charge in [0.05, 0.1) is 11.5 Å². The lowest BCUT2D eigenvalue weighted by atomic mass is 10.2. The lowest BCUT2D eigenvalue weighted by Gasteiger charge is -2.26. The SMILES string of the molecule is CCCN(C(C)C)S(=O)(=O)c1ccccc1CO. The van der Waals surface area contributed by atoms with Gasteiger partial charge in [-0.05, 0) is 31.9 Å². The van der Waals surface area contributed by atoms with Crippen LogP contribution < -0.4 is 0 Å². The van der Waals surface area contributed by atoms with Crippen molar-refractivity contribution in [2.24, 2.45) is 0 Å². The average Bonchev–Trinajstić information content (AvgIpc) is 2.35. The summed E-state index contributed by atoms with van der Waals surface area (Å²) < 4.78 is 26.6. The van der Waals surface area contributed by atoms with Gasteiger partial charge in [-0.3, -0.25) is 0 Å². The van der Waals surface area contributed by atoms with Crippen LogP contribution in [0.25, 0.3) is 0 Å². The smallest absolute Gasteiger partial charge is 0.243 e. The Kier molecular flexibility index (Phi) is 5.31. The van der Waals surface area contributed by atoms with Crippen molar-refractivity contribution in [1.82, 2.24) is 4.31 Å². The van der Waals surface area contributed by atoms with Gasteiger partial charge in [0.25, 0.3) is 0 Å². The summed E-state index contributed by atoms with van der Waals surface area (Å²) in [6, 6.07) is 6.49. The number of sulfonamides is 1. The van der Waals surface area contributed by atoms with E-state index in [9.17, 15) is 13.5 Å². The van der Waals surface area contributed by atoms with E-state index >= 15 is 0 Å². The van der Waals surface area contributed by atoms with E-state index in [1.807, 2.05) is 20.8 Å². The molecule has 0 aliphatic carbocycles. The summed E-state index contributed by atoms with van der Waals surface area (Å²) in [4.78, 5) is 0.203. The molecule has 0 atom stereocenters. The molecule has 5 heteroatoms. The maximum absolute atomic E-state index is 12.6. The molecule has 0 amide bonds. The molecule has 0 aliphatic heterocycles. The summed E-state index contributed by atoms with van der Waals surface area (Å²) in [5.41, 5.74) is 0.444. The van der Waals surface area contributed by atoms with Gasteiger partial charge in [-0.15, -0.1) is 0 Å². The number of aliphatic hydroxyl groups is 1. The molecule has 18 heavy (non-hydrogen) atoms. The van der Waals surface area contributed by atoms with Crippen LogP contribution in [0.2, 0.25) is 0 Å². The molecular weight excluding hydrogens is 250 g/mol. The van der Waals surface area contributed by atoms with E-state index < -0.39 is 10.0 Å². The van der Waals surface area contributed by atoms with Gasteiger partial charge in [-0.2, -0.15) is 4.31 Å². The maximum atomic E-state index is 12.6. The van der Waals surface area contributed by atoms with Crippen molar-refractivity contribution in [2.75, 3.05) is 6.54 Å². The molecule has 1 aromatic carbocycles. The van der Waals surface area contributed by atoms with E-state index in [4.69, 9.17) is 0 Å². The lowest BCUT2D eigenvalue weighted by Crippen LogP contribution is -2.37. The Bertz CT molecular complexity index is 483. The van der Waals surface area contributed by atoms with Crippen LogP contribution in [0.15, 0.2) is 29.2 Å². The Morgan fingerprint density at radius 3 is 2.39 bits per heavy atom. The number of aliphatic hydroxyl groups excluding tert-OH is 1. The van der Waals surface area contributed by atoms with E-state index in [-0.39, 0.29) is 17.5 Å². The molecule has 0 heterocycles. The standard InChI is InChI=1S/C13H21NO3S/c1-4-9-14(11(2)3)18(16,17)13-8-6-5-7-12(13)10-15/h5-8,11,15H,4,9-10H2,1-3H3. The summed E-state index contributed by atoms with van der Waals surface area (Å²) in [6.45, 7) is 5.87. The molecule has 1 aromatic rings. The number of nitrogens with zero attached hydrogens (tertiary/aromatic N) is 1. The minimum Gasteiger partial charge on any atom is -0.392 e. The largest absolute Gasteiger partial charge is 0.392 e.